The molecule has 0 aliphatic rings. The fourth-order valence-corrected chi connectivity index (χ4v) is 10.4. The molecule has 0 unspecified atom stereocenters. The molecule has 0 aromatic heterocycles. The smallest absolute Gasteiger partial charge is 0.305 e. The minimum atomic E-state index is -0.134. The first-order chi connectivity index (χ1) is 51.5. The van der Waals surface area contributed by atoms with E-state index in [9.17, 15) is 47.9 Å². The number of methoxy groups -OCH3 is 2. The molecule has 0 bridgehead atoms. The normalized spacial score (nSPS) is 10.4. The Balaban J connectivity index is -0.000000408. The van der Waals surface area contributed by atoms with Crippen LogP contribution in [0, 0.1) is 0 Å². The van der Waals surface area contributed by atoms with Crippen molar-refractivity contribution in [3.05, 3.63) is 0 Å². The fraction of sp³-hybridized carbons (Fsp3) is 0.884. The Morgan fingerprint density at radius 1 is 0.151 bits per heavy atom. The first-order valence-corrected chi connectivity index (χ1v) is 42.9. The van der Waals surface area contributed by atoms with Crippen molar-refractivity contribution < 1.29 is 95.3 Å². The summed E-state index contributed by atoms with van der Waals surface area (Å²) in [5, 5.41) is 0. The highest BCUT2D eigenvalue weighted by Crippen LogP contribution is 2.16. The first kappa shape index (κ1) is 109. The van der Waals surface area contributed by atoms with Gasteiger partial charge in [0.2, 0.25) is 0 Å². The third kappa shape index (κ3) is 103. The van der Waals surface area contributed by atoms with Crippen molar-refractivity contribution in [3.8, 4) is 0 Å². The molecule has 626 valence electrons. The van der Waals surface area contributed by atoms with E-state index >= 15 is 0 Å². The van der Waals surface area contributed by atoms with Crippen molar-refractivity contribution >= 4 is 59.7 Å². The van der Waals surface area contributed by atoms with Gasteiger partial charge in [-0.2, -0.15) is 0 Å². The zero-order valence-electron chi connectivity index (χ0n) is 69.8. The van der Waals surface area contributed by atoms with Crippen LogP contribution >= 0.6 is 0 Å². The molecule has 0 atom stereocenters. The Hall–Kier alpha value is -5.30. The van der Waals surface area contributed by atoms with Crippen LogP contribution in [0.25, 0.3) is 0 Å². The molecule has 0 radical (unpaired) electrons. The van der Waals surface area contributed by atoms with Gasteiger partial charge in [0.05, 0.1) is 67.1 Å². The third-order valence-electron chi connectivity index (χ3n) is 17.2. The lowest BCUT2D eigenvalue weighted by Gasteiger charge is -2.06. The minimum absolute atomic E-state index is 0.0448. The molecule has 0 aliphatic heterocycles. The van der Waals surface area contributed by atoms with Gasteiger partial charge in [-0.05, 0) is 117 Å². The van der Waals surface area contributed by atoms with Crippen molar-refractivity contribution in [2.45, 2.75) is 428 Å². The van der Waals surface area contributed by atoms with Crippen molar-refractivity contribution in [2.75, 3.05) is 67.1 Å². The van der Waals surface area contributed by atoms with Gasteiger partial charge in [-0.25, -0.2) is 0 Å². The van der Waals surface area contributed by atoms with E-state index in [4.69, 9.17) is 37.9 Å². The van der Waals surface area contributed by atoms with Gasteiger partial charge in [-0.15, -0.1) is 0 Å². The molecule has 0 rings (SSSR count). The monoisotopic (exact) mass is 1520 g/mol. The molecule has 0 heterocycles. The molecule has 0 saturated heterocycles. The number of esters is 10. The standard InChI is InChI=1S/C26H50O4.C18H34O4.C16H30O4.C14H26O4.C12H22O4/c1-3-5-7-9-15-19-23-29-25(27)21-17-13-11-12-14-18-22-26(28)30-24-20-16-10-8-6-4-2;1-3-5-15-21-17(19)13-11-9-7-8-10-12-14-18(20)22-16-6-4-2;1-3-5-13-19-15(17)11-9-7-8-10-12-16(18)20-14-6-4-2;1-3-17-13(15)11-9-7-5-6-8-10-12-14(16)18-4-2;1-15-11(13)9-7-5-3-4-6-8-10-12(14)16-2/h3-24H2,1-2H3;3-16H2,1-2H3;3-14H2,1-2H3;3-12H2,1-2H3;3-10H2,1-2H3. The molecule has 0 aromatic carbocycles. The van der Waals surface area contributed by atoms with Crippen LogP contribution < -0.4 is 0 Å². The van der Waals surface area contributed by atoms with E-state index in [2.05, 4.69) is 51.0 Å². The molecule has 0 amide bonds. The molecule has 20 nitrogen and oxygen atoms in total. The maximum absolute atomic E-state index is 11.7. The Labute approximate surface area is 647 Å². The highest BCUT2D eigenvalue weighted by atomic mass is 16.6. The maximum Gasteiger partial charge on any atom is 0.305 e. The van der Waals surface area contributed by atoms with Gasteiger partial charge in [-0.1, -0.05) is 247 Å². The second-order valence-electron chi connectivity index (χ2n) is 27.4. The average Bonchev–Trinajstić information content (AvgIpc) is 2.71. The molecule has 0 fully saturated rings. The largest absolute Gasteiger partial charge is 0.469 e. The lowest BCUT2D eigenvalue weighted by Crippen LogP contribution is -2.06. The molecular formula is C86H162O20. The summed E-state index contributed by atoms with van der Waals surface area (Å²) in [5.41, 5.74) is 0. The molecule has 20 heteroatoms. The third-order valence-corrected chi connectivity index (χ3v) is 17.2. The fourth-order valence-electron chi connectivity index (χ4n) is 10.4. The zero-order chi connectivity index (χ0) is 79.5. The van der Waals surface area contributed by atoms with Crippen LogP contribution in [0.2, 0.25) is 0 Å². The molecule has 106 heavy (non-hydrogen) atoms. The highest BCUT2D eigenvalue weighted by molar-refractivity contribution is 5.72. The molecular weight excluding hydrogens is 1350 g/mol. The number of rotatable bonds is 71. The van der Waals surface area contributed by atoms with Gasteiger partial charge >= 0.3 is 59.7 Å². The number of carbonyl (C=O) groups excluding carboxylic acids is 10. The van der Waals surface area contributed by atoms with Crippen molar-refractivity contribution in [3.63, 3.8) is 0 Å². The van der Waals surface area contributed by atoms with Crippen LogP contribution in [0.3, 0.4) is 0 Å². The van der Waals surface area contributed by atoms with E-state index in [1.54, 1.807) is 0 Å². The van der Waals surface area contributed by atoms with Crippen LogP contribution in [-0.4, -0.2) is 127 Å². The topological polar surface area (TPSA) is 263 Å². The zero-order valence-corrected chi connectivity index (χ0v) is 69.8. The van der Waals surface area contributed by atoms with E-state index in [1.807, 2.05) is 13.8 Å². The van der Waals surface area contributed by atoms with Crippen LogP contribution in [0.15, 0.2) is 0 Å². The van der Waals surface area contributed by atoms with Gasteiger partial charge in [-0.3, -0.25) is 47.9 Å². The van der Waals surface area contributed by atoms with Gasteiger partial charge < -0.3 is 47.4 Å². The van der Waals surface area contributed by atoms with Gasteiger partial charge in [0.1, 0.15) is 0 Å². The summed E-state index contributed by atoms with van der Waals surface area (Å²) in [4.78, 5) is 112. The van der Waals surface area contributed by atoms with E-state index in [0.29, 0.717) is 117 Å². The molecule has 0 aliphatic carbocycles. The van der Waals surface area contributed by atoms with E-state index < -0.39 is 0 Å². The summed E-state index contributed by atoms with van der Waals surface area (Å²) in [7, 11) is 2.82. The predicted molar refractivity (Wildman–Crippen MR) is 425 cm³/mol. The van der Waals surface area contributed by atoms with Gasteiger partial charge in [0, 0.05) is 64.2 Å². The lowest BCUT2D eigenvalue weighted by molar-refractivity contribution is -0.145. The number of unbranched alkanes of at least 4 members (excludes halogenated alkanes) is 37. The summed E-state index contributed by atoms with van der Waals surface area (Å²) < 4.78 is 49.7. The van der Waals surface area contributed by atoms with Crippen LogP contribution in [-0.2, 0) is 95.3 Å². The summed E-state index contributed by atoms with van der Waals surface area (Å²) in [6.45, 7) is 20.7. The van der Waals surface area contributed by atoms with Crippen molar-refractivity contribution in [1.82, 2.24) is 0 Å². The van der Waals surface area contributed by atoms with Crippen molar-refractivity contribution in [2.24, 2.45) is 0 Å². The number of carbonyl (C=O) groups is 10. The summed E-state index contributed by atoms with van der Waals surface area (Å²) in [5.74, 6) is -0.884. The Morgan fingerprint density at radius 2 is 0.283 bits per heavy atom. The quantitative estimate of drug-likeness (QED) is 0.0311. The maximum atomic E-state index is 11.7. The minimum Gasteiger partial charge on any atom is -0.469 e. The number of hydrogen-bond acceptors (Lipinski definition) is 20. The molecule has 0 aromatic rings. The molecule has 0 saturated carbocycles. The van der Waals surface area contributed by atoms with E-state index in [-0.39, 0.29) is 59.7 Å². The average molecular weight is 1520 g/mol. The second kappa shape index (κ2) is 95.8. The SMILES string of the molecule is CCCCCCCCOC(=O)CCCCCCCCC(=O)OCCCCCCCC.CCCCOC(=O)CCCCCCC(=O)OCCCC.CCCCOC(=O)CCCCCCCCC(=O)OCCCC.CCOC(=O)CCCCCCCCC(=O)OCC.COC(=O)CCCCCCCCC(=O)OC. The van der Waals surface area contributed by atoms with E-state index in [1.165, 1.54) is 78.4 Å². The second-order valence-corrected chi connectivity index (χ2v) is 27.4. The Bertz CT molecular complexity index is 1830. The van der Waals surface area contributed by atoms with Crippen LogP contribution in [0.4, 0.5) is 0 Å². The highest BCUT2D eigenvalue weighted by Gasteiger charge is 2.10. The van der Waals surface area contributed by atoms with Crippen LogP contribution in [0.5, 0.6) is 0 Å². The van der Waals surface area contributed by atoms with Crippen molar-refractivity contribution in [1.29, 1.82) is 0 Å². The van der Waals surface area contributed by atoms with E-state index in [0.717, 1.165) is 244 Å². The predicted octanol–water partition coefficient (Wildman–Crippen LogP) is 22.4. The Morgan fingerprint density at radius 3 is 0.443 bits per heavy atom. The number of hydrogen-bond donors (Lipinski definition) is 0. The summed E-state index contributed by atoms with van der Waals surface area (Å²) in [6.07, 6.45) is 56.0. The Kier molecular flexibility index (Phi) is 98.8. The van der Waals surface area contributed by atoms with Crippen LogP contribution in [0.1, 0.15) is 428 Å². The van der Waals surface area contributed by atoms with Gasteiger partial charge in [0.25, 0.3) is 0 Å². The molecule has 0 spiro atoms. The number of ether oxygens (including phenoxy) is 10. The summed E-state index contributed by atoms with van der Waals surface area (Å²) in [6, 6.07) is 0. The summed E-state index contributed by atoms with van der Waals surface area (Å²) >= 11 is 0. The van der Waals surface area contributed by atoms with Gasteiger partial charge in [0.15, 0.2) is 0 Å². The lowest BCUT2D eigenvalue weighted by atomic mass is 10.1. The molecule has 0 N–H and O–H groups in total. The first-order valence-electron chi connectivity index (χ1n) is 42.9.